The molecule has 1 saturated heterocycles. The molecular weight excluding hydrogens is 234 g/mol. The molecule has 0 N–H and O–H groups in total. The second kappa shape index (κ2) is 5.09. The zero-order valence-electron chi connectivity index (χ0n) is 10.3. The van der Waals surface area contributed by atoms with Gasteiger partial charge in [-0.25, -0.2) is 0 Å². The number of rotatable bonds is 1. The lowest BCUT2D eigenvalue weighted by Crippen LogP contribution is -2.42. The number of hydrogen-bond donors (Lipinski definition) is 0. The quantitative estimate of drug-likeness (QED) is 0.749. The molecule has 2 nitrogen and oxygen atoms in total. The Kier molecular flexibility index (Phi) is 3.72. The second-order valence-corrected chi connectivity index (χ2v) is 5.54. The summed E-state index contributed by atoms with van der Waals surface area (Å²) < 4.78 is 0. The molecule has 1 heterocycles. The van der Waals surface area contributed by atoms with Gasteiger partial charge >= 0.3 is 0 Å². The SMILES string of the molecule is C[C@H]1C[C@H](C)CN(C(=O)c2ccccc2Cl)C1. The molecule has 0 saturated carbocycles. The highest BCUT2D eigenvalue weighted by molar-refractivity contribution is 6.33. The van der Waals surface area contributed by atoms with Crippen LogP contribution in [0.2, 0.25) is 5.02 Å². The molecular formula is C14H18ClNO. The van der Waals surface area contributed by atoms with Crippen molar-refractivity contribution in [3.05, 3.63) is 34.9 Å². The van der Waals surface area contributed by atoms with Gasteiger partial charge < -0.3 is 4.90 Å². The average Bonchev–Trinajstić information content (AvgIpc) is 2.27. The van der Waals surface area contributed by atoms with E-state index in [0.29, 0.717) is 22.4 Å². The minimum Gasteiger partial charge on any atom is -0.338 e. The largest absolute Gasteiger partial charge is 0.338 e. The van der Waals surface area contributed by atoms with Gasteiger partial charge in [0.1, 0.15) is 0 Å². The standard InChI is InChI=1S/C14H18ClNO/c1-10-7-11(2)9-16(8-10)14(17)12-5-3-4-6-13(12)15/h3-6,10-11H,7-9H2,1-2H3/t10-,11-/m0/s1. The molecule has 0 bridgehead atoms. The molecule has 3 heteroatoms. The minimum absolute atomic E-state index is 0.0639. The van der Waals surface area contributed by atoms with Crippen LogP contribution in [0.3, 0.4) is 0 Å². The number of carbonyl (C=O) groups excluding carboxylic acids is 1. The Labute approximate surface area is 108 Å². The van der Waals surface area contributed by atoms with Crippen molar-refractivity contribution in [2.24, 2.45) is 11.8 Å². The van der Waals surface area contributed by atoms with Crippen molar-refractivity contribution in [3.8, 4) is 0 Å². The molecule has 2 rings (SSSR count). The van der Waals surface area contributed by atoms with E-state index in [2.05, 4.69) is 13.8 Å². The fourth-order valence-corrected chi connectivity index (χ4v) is 2.85. The zero-order valence-corrected chi connectivity index (χ0v) is 11.1. The number of piperidine rings is 1. The summed E-state index contributed by atoms with van der Waals surface area (Å²) in [5.41, 5.74) is 0.621. The first kappa shape index (κ1) is 12.4. The summed E-state index contributed by atoms with van der Waals surface area (Å²) in [6, 6.07) is 7.27. The maximum absolute atomic E-state index is 12.4. The first-order chi connectivity index (χ1) is 8.08. The van der Waals surface area contributed by atoms with Gasteiger partial charge in [0.25, 0.3) is 5.91 Å². The van der Waals surface area contributed by atoms with E-state index in [1.165, 1.54) is 6.42 Å². The van der Waals surface area contributed by atoms with Gasteiger partial charge in [-0.1, -0.05) is 37.6 Å². The van der Waals surface area contributed by atoms with Crippen LogP contribution in [0.5, 0.6) is 0 Å². The van der Waals surface area contributed by atoms with Crippen molar-refractivity contribution in [3.63, 3.8) is 0 Å². The van der Waals surface area contributed by atoms with Gasteiger partial charge in [0.05, 0.1) is 10.6 Å². The van der Waals surface area contributed by atoms with Crippen LogP contribution in [0.4, 0.5) is 0 Å². The summed E-state index contributed by atoms with van der Waals surface area (Å²) in [7, 11) is 0. The Morgan fingerprint density at radius 3 is 2.41 bits per heavy atom. The third kappa shape index (κ3) is 2.81. The zero-order chi connectivity index (χ0) is 12.4. The topological polar surface area (TPSA) is 20.3 Å². The van der Waals surface area contributed by atoms with E-state index in [1.807, 2.05) is 17.0 Å². The number of carbonyl (C=O) groups is 1. The summed E-state index contributed by atoms with van der Waals surface area (Å²) in [5.74, 6) is 1.21. The summed E-state index contributed by atoms with van der Waals surface area (Å²) in [5, 5.41) is 0.545. The fraction of sp³-hybridized carbons (Fsp3) is 0.500. The van der Waals surface area contributed by atoms with Crippen molar-refractivity contribution in [2.45, 2.75) is 20.3 Å². The fourth-order valence-electron chi connectivity index (χ4n) is 2.63. The van der Waals surface area contributed by atoms with E-state index in [-0.39, 0.29) is 5.91 Å². The maximum Gasteiger partial charge on any atom is 0.255 e. The molecule has 1 aromatic rings. The van der Waals surface area contributed by atoms with Crippen LogP contribution in [-0.4, -0.2) is 23.9 Å². The van der Waals surface area contributed by atoms with Gasteiger partial charge in [0, 0.05) is 13.1 Å². The van der Waals surface area contributed by atoms with Gasteiger partial charge in [-0.05, 0) is 30.4 Å². The van der Waals surface area contributed by atoms with E-state index in [9.17, 15) is 4.79 Å². The number of hydrogen-bond acceptors (Lipinski definition) is 1. The van der Waals surface area contributed by atoms with Crippen molar-refractivity contribution in [2.75, 3.05) is 13.1 Å². The molecule has 1 aliphatic heterocycles. The summed E-state index contributed by atoms with van der Waals surface area (Å²) >= 11 is 6.06. The van der Waals surface area contributed by atoms with Gasteiger partial charge in [-0.3, -0.25) is 4.79 Å². The van der Waals surface area contributed by atoms with Crippen LogP contribution < -0.4 is 0 Å². The Bertz CT molecular complexity index is 408. The number of amides is 1. The lowest BCUT2D eigenvalue weighted by atomic mass is 9.91. The van der Waals surface area contributed by atoms with E-state index >= 15 is 0 Å². The van der Waals surface area contributed by atoms with Gasteiger partial charge in [0.15, 0.2) is 0 Å². The summed E-state index contributed by atoms with van der Waals surface area (Å²) in [6.45, 7) is 6.08. The second-order valence-electron chi connectivity index (χ2n) is 5.14. The molecule has 0 aromatic heterocycles. The van der Waals surface area contributed by atoms with Gasteiger partial charge in [-0.2, -0.15) is 0 Å². The van der Waals surface area contributed by atoms with Gasteiger partial charge in [0.2, 0.25) is 0 Å². The molecule has 1 aromatic carbocycles. The molecule has 0 radical (unpaired) electrons. The van der Waals surface area contributed by atoms with Crippen LogP contribution in [-0.2, 0) is 0 Å². The summed E-state index contributed by atoms with van der Waals surface area (Å²) in [6.07, 6.45) is 1.20. The van der Waals surface area contributed by atoms with Crippen molar-refractivity contribution >= 4 is 17.5 Å². The first-order valence-electron chi connectivity index (χ1n) is 6.11. The summed E-state index contributed by atoms with van der Waals surface area (Å²) in [4.78, 5) is 14.3. The van der Waals surface area contributed by atoms with Crippen LogP contribution in [0.15, 0.2) is 24.3 Å². The third-order valence-electron chi connectivity index (χ3n) is 3.26. The predicted molar refractivity (Wildman–Crippen MR) is 70.3 cm³/mol. The number of halogens is 1. The molecule has 1 amide bonds. The maximum atomic E-state index is 12.4. The average molecular weight is 252 g/mol. The van der Waals surface area contributed by atoms with E-state index in [0.717, 1.165) is 13.1 Å². The Morgan fingerprint density at radius 1 is 1.24 bits per heavy atom. The molecule has 0 spiro atoms. The van der Waals surface area contributed by atoms with E-state index in [1.54, 1.807) is 12.1 Å². The molecule has 1 aliphatic rings. The number of likely N-dealkylation sites (tertiary alicyclic amines) is 1. The third-order valence-corrected chi connectivity index (χ3v) is 3.59. The molecule has 17 heavy (non-hydrogen) atoms. The Hall–Kier alpha value is -1.02. The number of benzene rings is 1. The minimum atomic E-state index is 0.0639. The van der Waals surface area contributed by atoms with Crippen molar-refractivity contribution < 1.29 is 4.79 Å². The lowest BCUT2D eigenvalue weighted by molar-refractivity contribution is 0.0623. The molecule has 0 aliphatic carbocycles. The van der Waals surface area contributed by atoms with Crippen molar-refractivity contribution in [1.82, 2.24) is 4.90 Å². The van der Waals surface area contributed by atoms with Crippen LogP contribution in [0.25, 0.3) is 0 Å². The van der Waals surface area contributed by atoms with E-state index < -0.39 is 0 Å². The highest BCUT2D eigenvalue weighted by atomic mass is 35.5. The first-order valence-corrected chi connectivity index (χ1v) is 6.49. The molecule has 1 fully saturated rings. The normalized spacial score (nSPS) is 24.8. The van der Waals surface area contributed by atoms with Crippen molar-refractivity contribution in [1.29, 1.82) is 0 Å². The van der Waals surface area contributed by atoms with E-state index in [4.69, 9.17) is 11.6 Å². The molecule has 92 valence electrons. The highest BCUT2D eigenvalue weighted by Gasteiger charge is 2.26. The van der Waals surface area contributed by atoms with Crippen LogP contribution in [0.1, 0.15) is 30.6 Å². The van der Waals surface area contributed by atoms with Crippen LogP contribution in [0, 0.1) is 11.8 Å². The number of nitrogens with zero attached hydrogens (tertiary/aromatic N) is 1. The molecule has 0 unspecified atom stereocenters. The Morgan fingerprint density at radius 2 is 1.82 bits per heavy atom. The molecule has 2 atom stereocenters. The lowest BCUT2D eigenvalue weighted by Gasteiger charge is -2.35. The van der Waals surface area contributed by atoms with Crippen LogP contribution >= 0.6 is 11.6 Å². The smallest absolute Gasteiger partial charge is 0.255 e. The van der Waals surface area contributed by atoms with Gasteiger partial charge in [-0.15, -0.1) is 0 Å². The highest BCUT2D eigenvalue weighted by Crippen LogP contribution is 2.24. The monoisotopic (exact) mass is 251 g/mol. The Balaban J connectivity index is 2.17. The predicted octanol–water partition coefficient (Wildman–Crippen LogP) is 3.46.